The fourth-order valence-corrected chi connectivity index (χ4v) is 3.50. The van der Waals surface area contributed by atoms with E-state index in [1.54, 1.807) is 0 Å². The van der Waals surface area contributed by atoms with Crippen LogP contribution in [0.25, 0.3) is 0 Å². The number of hydrogen-bond acceptors (Lipinski definition) is 4. The van der Waals surface area contributed by atoms with Crippen LogP contribution in [0, 0.1) is 6.92 Å². The van der Waals surface area contributed by atoms with E-state index < -0.39 is 0 Å². The summed E-state index contributed by atoms with van der Waals surface area (Å²) in [4.78, 5) is 0. The summed E-state index contributed by atoms with van der Waals surface area (Å²) < 4.78 is 0. The minimum atomic E-state index is 0.159. The van der Waals surface area contributed by atoms with Crippen LogP contribution in [0.5, 0.6) is 0 Å². The smallest absolute Gasteiger partial charge is 0.170 e. The van der Waals surface area contributed by atoms with Crippen molar-refractivity contribution in [1.82, 2.24) is 5.32 Å². The molecule has 0 saturated heterocycles. The molecular formula is C15H23N3OS. The second-order valence-corrected chi connectivity index (χ2v) is 6.51. The third-order valence-electron chi connectivity index (χ3n) is 4.05. The number of aryl methyl sites for hydroxylation is 1. The van der Waals surface area contributed by atoms with Crippen LogP contribution in [-0.2, 0) is 6.54 Å². The van der Waals surface area contributed by atoms with Crippen LogP contribution < -0.4 is 11.1 Å². The maximum atomic E-state index is 8.69. The third kappa shape index (κ3) is 3.67. The van der Waals surface area contributed by atoms with Crippen molar-refractivity contribution >= 4 is 17.6 Å². The molecule has 0 radical (unpaired) electrons. The first kappa shape index (κ1) is 15.2. The number of thioether (sulfide) groups is 1. The number of amidine groups is 1. The summed E-state index contributed by atoms with van der Waals surface area (Å²) in [5.74, 6) is 0.159. The number of benzene rings is 1. The van der Waals surface area contributed by atoms with Gasteiger partial charge in [0.2, 0.25) is 0 Å². The molecule has 5 heteroatoms. The molecule has 110 valence electrons. The van der Waals surface area contributed by atoms with Crippen molar-refractivity contribution in [3.63, 3.8) is 0 Å². The Morgan fingerprint density at radius 3 is 2.90 bits per heavy atom. The molecule has 1 aromatic carbocycles. The molecule has 1 aromatic rings. The maximum absolute atomic E-state index is 8.69. The van der Waals surface area contributed by atoms with E-state index in [-0.39, 0.29) is 5.84 Å². The van der Waals surface area contributed by atoms with Gasteiger partial charge in [0.15, 0.2) is 5.84 Å². The monoisotopic (exact) mass is 293 g/mol. The molecule has 0 amide bonds. The topological polar surface area (TPSA) is 70.6 Å². The number of hydrogen-bond donors (Lipinski definition) is 3. The van der Waals surface area contributed by atoms with Crippen molar-refractivity contribution in [2.45, 2.75) is 44.0 Å². The van der Waals surface area contributed by atoms with Gasteiger partial charge in [0.05, 0.1) is 0 Å². The van der Waals surface area contributed by atoms with Crippen molar-refractivity contribution in [2.24, 2.45) is 10.9 Å². The molecular weight excluding hydrogens is 270 g/mol. The van der Waals surface area contributed by atoms with Gasteiger partial charge in [-0.25, -0.2) is 0 Å². The second kappa shape index (κ2) is 6.99. The molecule has 2 unspecified atom stereocenters. The summed E-state index contributed by atoms with van der Waals surface area (Å²) in [5, 5.41) is 16.2. The largest absolute Gasteiger partial charge is 0.409 e. The van der Waals surface area contributed by atoms with Crippen LogP contribution in [0.2, 0.25) is 0 Å². The maximum Gasteiger partial charge on any atom is 0.170 e. The van der Waals surface area contributed by atoms with Gasteiger partial charge in [0.1, 0.15) is 0 Å². The number of nitrogens with one attached hydrogen (secondary N) is 1. The molecule has 1 saturated carbocycles. The van der Waals surface area contributed by atoms with Crippen molar-refractivity contribution in [2.75, 3.05) is 6.26 Å². The second-order valence-electron chi connectivity index (χ2n) is 5.38. The van der Waals surface area contributed by atoms with Gasteiger partial charge in [-0.2, -0.15) is 11.8 Å². The fraction of sp³-hybridized carbons (Fsp3) is 0.533. The van der Waals surface area contributed by atoms with E-state index in [1.165, 1.54) is 30.4 Å². The van der Waals surface area contributed by atoms with E-state index in [1.807, 2.05) is 23.9 Å². The van der Waals surface area contributed by atoms with Crippen LogP contribution in [0.15, 0.2) is 23.4 Å². The van der Waals surface area contributed by atoms with Crippen LogP contribution >= 0.6 is 11.8 Å². The van der Waals surface area contributed by atoms with Gasteiger partial charge in [0.25, 0.3) is 0 Å². The van der Waals surface area contributed by atoms with Gasteiger partial charge in [0, 0.05) is 23.4 Å². The Bertz CT molecular complexity index is 490. The number of rotatable bonds is 5. The van der Waals surface area contributed by atoms with Gasteiger partial charge >= 0.3 is 0 Å². The van der Waals surface area contributed by atoms with Crippen molar-refractivity contribution in [1.29, 1.82) is 0 Å². The van der Waals surface area contributed by atoms with Crippen LogP contribution in [-0.4, -0.2) is 28.6 Å². The summed E-state index contributed by atoms with van der Waals surface area (Å²) in [6, 6.07) is 6.55. The first-order valence-corrected chi connectivity index (χ1v) is 8.26. The number of oxime groups is 1. The lowest BCUT2D eigenvalue weighted by atomic mass is 10.0. The Kier molecular flexibility index (Phi) is 5.31. The lowest BCUT2D eigenvalue weighted by molar-refractivity contribution is 0.318. The van der Waals surface area contributed by atoms with E-state index in [0.29, 0.717) is 6.04 Å². The van der Waals surface area contributed by atoms with Crippen molar-refractivity contribution in [3.05, 3.63) is 34.9 Å². The zero-order valence-electron chi connectivity index (χ0n) is 12.1. The standard InChI is InChI=1S/C15H23N3OS/c1-10-7-11(15(16)18-19)3-4-12(10)9-17-13-5-6-14(8-13)20-2/h3-4,7,13-14,17,19H,5-6,8-9H2,1-2H3,(H2,16,18). The zero-order chi connectivity index (χ0) is 14.5. The van der Waals surface area contributed by atoms with Gasteiger partial charge in [-0.15, -0.1) is 0 Å². The Labute approximate surface area is 124 Å². The summed E-state index contributed by atoms with van der Waals surface area (Å²) in [7, 11) is 0. The molecule has 1 aliphatic carbocycles. The van der Waals surface area contributed by atoms with Crippen LogP contribution in [0.4, 0.5) is 0 Å². The molecule has 4 nitrogen and oxygen atoms in total. The Balaban J connectivity index is 1.94. The van der Waals surface area contributed by atoms with E-state index in [9.17, 15) is 0 Å². The summed E-state index contributed by atoms with van der Waals surface area (Å²) >= 11 is 1.98. The first-order chi connectivity index (χ1) is 9.63. The molecule has 1 fully saturated rings. The van der Waals surface area contributed by atoms with E-state index in [2.05, 4.69) is 29.7 Å². The first-order valence-electron chi connectivity index (χ1n) is 6.97. The normalized spacial score (nSPS) is 23.2. The summed E-state index contributed by atoms with van der Waals surface area (Å²) in [6.45, 7) is 2.94. The molecule has 4 N–H and O–H groups in total. The predicted molar refractivity (Wildman–Crippen MR) is 85.5 cm³/mol. The molecule has 0 bridgehead atoms. The van der Waals surface area contributed by atoms with E-state index in [4.69, 9.17) is 10.9 Å². The highest BCUT2D eigenvalue weighted by atomic mass is 32.2. The lowest BCUT2D eigenvalue weighted by Gasteiger charge is -2.14. The third-order valence-corrected chi connectivity index (χ3v) is 5.14. The highest BCUT2D eigenvalue weighted by Crippen LogP contribution is 2.28. The molecule has 0 aromatic heterocycles. The van der Waals surface area contributed by atoms with E-state index >= 15 is 0 Å². The summed E-state index contributed by atoms with van der Waals surface area (Å²) in [6.07, 6.45) is 6.05. The number of nitrogens with two attached hydrogens (primary N) is 1. The average molecular weight is 293 g/mol. The molecule has 20 heavy (non-hydrogen) atoms. The molecule has 0 aliphatic heterocycles. The molecule has 2 rings (SSSR count). The van der Waals surface area contributed by atoms with Gasteiger partial charge in [-0.1, -0.05) is 17.3 Å². The Morgan fingerprint density at radius 1 is 1.50 bits per heavy atom. The lowest BCUT2D eigenvalue weighted by Crippen LogP contribution is -2.26. The van der Waals surface area contributed by atoms with Crippen LogP contribution in [0.3, 0.4) is 0 Å². The molecule has 2 atom stereocenters. The minimum absolute atomic E-state index is 0.159. The SMILES string of the molecule is CSC1CCC(NCc2ccc(/C(N)=N/O)cc2C)C1. The van der Waals surface area contributed by atoms with Gasteiger partial charge < -0.3 is 16.3 Å². The minimum Gasteiger partial charge on any atom is -0.409 e. The summed E-state index contributed by atoms with van der Waals surface area (Å²) in [5.41, 5.74) is 8.80. The van der Waals surface area contributed by atoms with Crippen LogP contribution in [0.1, 0.15) is 36.0 Å². The Hall–Kier alpha value is -1.20. The van der Waals surface area contributed by atoms with Gasteiger partial charge in [-0.05, 0) is 49.6 Å². The van der Waals surface area contributed by atoms with Gasteiger partial charge in [-0.3, -0.25) is 0 Å². The predicted octanol–water partition coefficient (Wildman–Crippen LogP) is 2.46. The number of nitrogens with zero attached hydrogens (tertiary/aromatic N) is 1. The molecule has 0 heterocycles. The fourth-order valence-electron chi connectivity index (χ4n) is 2.71. The quantitative estimate of drug-likeness (QED) is 0.337. The average Bonchev–Trinajstić information content (AvgIpc) is 2.93. The zero-order valence-corrected chi connectivity index (χ0v) is 12.9. The van der Waals surface area contributed by atoms with Crippen molar-refractivity contribution < 1.29 is 5.21 Å². The molecule has 1 aliphatic rings. The van der Waals surface area contributed by atoms with E-state index in [0.717, 1.165) is 17.4 Å². The van der Waals surface area contributed by atoms with Crippen molar-refractivity contribution in [3.8, 4) is 0 Å². The highest BCUT2D eigenvalue weighted by molar-refractivity contribution is 7.99. The highest BCUT2D eigenvalue weighted by Gasteiger charge is 2.23. The Morgan fingerprint density at radius 2 is 2.30 bits per heavy atom. The molecule has 0 spiro atoms.